The molecule has 7 nitrogen and oxygen atoms in total. The minimum Gasteiger partial charge on any atom is -0.458 e. The average Bonchev–Trinajstić information content (AvgIpc) is 2.74. The van der Waals surface area contributed by atoms with Crippen LogP contribution < -0.4 is 0 Å². The molecule has 160 valence electrons. The highest BCUT2D eigenvalue weighted by molar-refractivity contribution is 5.95. The van der Waals surface area contributed by atoms with E-state index in [0.717, 1.165) is 0 Å². The number of hydrogen-bond acceptors (Lipinski definition) is 5. The Labute approximate surface area is 178 Å². The van der Waals surface area contributed by atoms with Crippen molar-refractivity contribution in [2.45, 2.75) is 25.8 Å². The van der Waals surface area contributed by atoms with E-state index in [9.17, 15) is 24.1 Å². The first kappa shape index (κ1) is 21.9. The van der Waals surface area contributed by atoms with Crippen molar-refractivity contribution in [1.29, 1.82) is 0 Å². The predicted octanol–water partition coefficient (Wildman–Crippen LogP) is 4.25. The number of non-ortho nitro benzene ring substituents is 1. The van der Waals surface area contributed by atoms with Gasteiger partial charge in [-0.25, -0.2) is 9.18 Å². The lowest BCUT2D eigenvalue weighted by atomic mass is 9.83. The van der Waals surface area contributed by atoms with Gasteiger partial charge in [-0.05, 0) is 30.2 Å². The van der Waals surface area contributed by atoms with E-state index < -0.39 is 22.6 Å². The Balaban J connectivity index is 1.99. The van der Waals surface area contributed by atoms with Crippen LogP contribution in [-0.4, -0.2) is 28.3 Å². The molecule has 1 atom stereocenters. The minimum absolute atomic E-state index is 0.00177. The number of rotatable bonds is 7. The van der Waals surface area contributed by atoms with Crippen molar-refractivity contribution in [3.8, 4) is 0 Å². The molecule has 0 spiro atoms. The lowest BCUT2D eigenvalue weighted by molar-refractivity contribution is -0.384. The Morgan fingerprint density at radius 3 is 2.65 bits per heavy atom. The van der Waals surface area contributed by atoms with Crippen LogP contribution in [0.5, 0.6) is 0 Å². The monoisotopic (exact) mass is 424 g/mol. The summed E-state index contributed by atoms with van der Waals surface area (Å²) in [6.07, 6.45) is 1.40. The van der Waals surface area contributed by atoms with Gasteiger partial charge in [0.05, 0.1) is 17.0 Å². The summed E-state index contributed by atoms with van der Waals surface area (Å²) >= 11 is 0. The Morgan fingerprint density at radius 1 is 1.32 bits per heavy atom. The normalized spacial score (nSPS) is 16.3. The van der Waals surface area contributed by atoms with Crippen LogP contribution >= 0.6 is 0 Å². The van der Waals surface area contributed by atoms with Crippen molar-refractivity contribution < 1.29 is 23.6 Å². The largest absolute Gasteiger partial charge is 0.458 e. The summed E-state index contributed by atoms with van der Waals surface area (Å²) in [6.45, 7) is 5.31. The highest BCUT2D eigenvalue weighted by Crippen LogP contribution is 2.38. The zero-order chi connectivity index (χ0) is 22.5. The Kier molecular flexibility index (Phi) is 6.59. The molecule has 1 heterocycles. The van der Waals surface area contributed by atoms with Crippen molar-refractivity contribution in [1.82, 2.24) is 4.90 Å². The van der Waals surface area contributed by atoms with Gasteiger partial charge in [-0.2, -0.15) is 0 Å². The third kappa shape index (κ3) is 4.85. The number of carbonyl (C=O) groups is 2. The van der Waals surface area contributed by atoms with Gasteiger partial charge >= 0.3 is 5.97 Å². The van der Waals surface area contributed by atoms with E-state index in [1.165, 1.54) is 41.3 Å². The maximum atomic E-state index is 13.8. The highest BCUT2D eigenvalue weighted by Gasteiger charge is 2.37. The minimum atomic E-state index is -0.645. The summed E-state index contributed by atoms with van der Waals surface area (Å²) in [7, 11) is 0. The Hall–Kier alpha value is -3.81. The molecule has 0 N–H and O–H groups in total. The van der Waals surface area contributed by atoms with E-state index in [1.807, 2.05) is 0 Å². The van der Waals surface area contributed by atoms with Crippen LogP contribution in [0.4, 0.5) is 10.1 Å². The molecule has 0 saturated heterocycles. The van der Waals surface area contributed by atoms with Crippen molar-refractivity contribution in [3.05, 3.63) is 99.5 Å². The number of nitro benzene ring substituents is 1. The summed E-state index contributed by atoms with van der Waals surface area (Å²) in [5.41, 5.74) is 1.79. The van der Waals surface area contributed by atoms with Gasteiger partial charge in [-0.3, -0.25) is 14.9 Å². The molecule has 1 amide bonds. The van der Waals surface area contributed by atoms with Crippen LogP contribution in [0.15, 0.2) is 72.5 Å². The lowest BCUT2D eigenvalue weighted by Crippen LogP contribution is -2.38. The summed E-state index contributed by atoms with van der Waals surface area (Å²) < 4.78 is 19.0. The number of nitro groups is 1. The number of nitrogens with zero attached hydrogens (tertiary/aromatic N) is 2. The number of hydrogen-bond donors (Lipinski definition) is 0. The number of halogens is 1. The second-order valence-corrected chi connectivity index (χ2v) is 7.10. The van der Waals surface area contributed by atoms with E-state index in [-0.39, 0.29) is 36.7 Å². The summed E-state index contributed by atoms with van der Waals surface area (Å²) in [6, 6.07) is 11.6. The van der Waals surface area contributed by atoms with Gasteiger partial charge in [0.2, 0.25) is 5.91 Å². The molecule has 0 aliphatic carbocycles. The van der Waals surface area contributed by atoms with E-state index in [4.69, 9.17) is 4.74 Å². The smallest absolute Gasteiger partial charge is 0.336 e. The van der Waals surface area contributed by atoms with Gasteiger partial charge in [0.15, 0.2) is 0 Å². The van der Waals surface area contributed by atoms with Gasteiger partial charge < -0.3 is 9.64 Å². The topological polar surface area (TPSA) is 89.8 Å². The molecule has 1 aliphatic heterocycles. The van der Waals surface area contributed by atoms with Gasteiger partial charge in [-0.1, -0.05) is 36.9 Å². The maximum Gasteiger partial charge on any atom is 0.336 e. The number of benzene rings is 2. The third-order valence-electron chi connectivity index (χ3n) is 5.11. The van der Waals surface area contributed by atoms with E-state index in [0.29, 0.717) is 16.8 Å². The molecule has 1 aliphatic rings. The molecule has 0 aromatic heterocycles. The van der Waals surface area contributed by atoms with E-state index in [1.54, 1.807) is 25.1 Å². The molecule has 0 bridgehead atoms. The second kappa shape index (κ2) is 9.34. The summed E-state index contributed by atoms with van der Waals surface area (Å²) in [4.78, 5) is 37.6. The van der Waals surface area contributed by atoms with Crippen molar-refractivity contribution >= 4 is 17.6 Å². The quantitative estimate of drug-likeness (QED) is 0.287. The van der Waals surface area contributed by atoms with Crippen LogP contribution in [0, 0.1) is 15.9 Å². The first-order valence-corrected chi connectivity index (χ1v) is 9.59. The molecular weight excluding hydrogens is 403 g/mol. The Bertz CT molecular complexity index is 1060. The predicted molar refractivity (Wildman–Crippen MR) is 111 cm³/mol. The fraction of sp³-hybridized carbons (Fsp3) is 0.217. The van der Waals surface area contributed by atoms with E-state index in [2.05, 4.69) is 6.58 Å². The second-order valence-electron chi connectivity index (χ2n) is 7.10. The third-order valence-corrected chi connectivity index (χ3v) is 5.11. The number of carbonyl (C=O) groups excluding carboxylic acids is 2. The zero-order valence-electron chi connectivity index (χ0n) is 16.9. The first-order valence-electron chi connectivity index (χ1n) is 9.59. The fourth-order valence-corrected chi connectivity index (χ4v) is 3.59. The molecule has 2 aromatic carbocycles. The standard InChI is InChI=1S/C23H21FN2O5/c1-3-11-31-23(28)22-15(2)25(14-16-7-9-19(10-8-16)26(29)30)21(27)13-20(22)17-5-4-6-18(24)12-17/h3-10,12,20H,1,11,13-14H2,2H3/t20-/m1/s1. The molecule has 0 saturated carbocycles. The van der Waals surface area contributed by atoms with Gasteiger partial charge in [0, 0.05) is 30.2 Å². The number of ether oxygens (including phenoxy) is 1. The molecule has 31 heavy (non-hydrogen) atoms. The van der Waals surface area contributed by atoms with Crippen LogP contribution in [0.1, 0.15) is 30.4 Å². The zero-order valence-corrected chi connectivity index (χ0v) is 16.9. The molecule has 0 fully saturated rings. The molecule has 0 radical (unpaired) electrons. The first-order chi connectivity index (χ1) is 14.8. The number of esters is 1. The van der Waals surface area contributed by atoms with Gasteiger partial charge in [-0.15, -0.1) is 0 Å². The van der Waals surface area contributed by atoms with Crippen LogP contribution in [-0.2, 0) is 20.9 Å². The van der Waals surface area contributed by atoms with Crippen LogP contribution in [0.25, 0.3) is 0 Å². The van der Waals surface area contributed by atoms with Crippen molar-refractivity contribution in [2.24, 2.45) is 0 Å². The fourth-order valence-electron chi connectivity index (χ4n) is 3.59. The molecular formula is C23H21FN2O5. The molecule has 8 heteroatoms. The number of allylic oxidation sites excluding steroid dienone is 1. The van der Waals surface area contributed by atoms with Crippen molar-refractivity contribution in [3.63, 3.8) is 0 Å². The highest BCUT2D eigenvalue weighted by atomic mass is 19.1. The average molecular weight is 424 g/mol. The van der Waals surface area contributed by atoms with Gasteiger partial charge in [0.1, 0.15) is 12.4 Å². The van der Waals surface area contributed by atoms with Crippen LogP contribution in [0.3, 0.4) is 0 Å². The number of amides is 1. The molecule has 0 unspecified atom stereocenters. The van der Waals surface area contributed by atoms with E-state index >= 15 is 0 Å². The van der Waals surface area contributed by atoms with Crippen LogP contribution in [0.2, 0.25) is 0 Å². The van der Waals surface area contributed by atoms with Gasteiger partial charge in [0.25, 0.3) is 5.69 Å². The SMILES string of the molecule is C=CCOC(=O)C1=C(C)N(Cc2ccc([N+](=O)[O-])cc2)C(=O)C[C@@H]1c1cccc(F)c1. The molecule has 2 aromatic rings. The summed E-state index contributed by atoms with van der Waals surface area (Å²) in [5.74, 6) is -1.96. The molecule has 3 rings (SSSR count). The van der Waals surface area contributed by atoms with Crippen molar-refractivity contribution in [2.75, 3.05) is 6.61 Å². The maximum absolute atomic E-state index is 13.8. The lowest BCUT2D eigenvalue weighted by Gasteiger charge is -2.34. The Morgan fingerprint density at radius 2 is 2.03 bits per heavy atom. The summed E-state index contributed by atoms with van der Waals surface area (Å²) in [5, 5.41) is 10.9.